The highest BCUT2D eigenvalue weighted by molar-refractivity contribution is 6.64. The van der Waals surface area contributed by atoms with Crippen LogP contribution in [0, 0.1) is 17.5 Å². The van der Waals surface area contributed by atoms with E-state index in [1.165, 1.54) is 14.2 Å². The zero-order valence-corrected chi connectivity index (χ0v) is 35.2. The number of hydrogen-bond donors (Lipinski definition) is 1. The molecule has 10 rings (SSSR count). The zero-order valence-electron chi connectivity index (χ0n) is 34.4. The quantitative estimate of drug-likeness (QED) is 0.155. The molecule has 63 heavy (non-hydrogen) atoms. The Bertz CT molecular complexity index is 3070. The summed E-state index contributed by atoms with van der Waals surface area (Å²) in [7, 11) is 2.32. The predicted molar refractivity (Wildman–Crippen MR) is 226 cm³/mol. The Morgan fingerprint density at radius 2 is 1.13 bits per heavy atom. The van der Waals surface area contributed by atoms with Gasteiger partial charge in [0.15, 0.2) is 5.82 Å². The van der Waals surface area contributed by atoms with E-state index in [1.807, 2.05) is 77.7 Å². The van der Waals surface area contributed by atoms with Crippen molar-refractivity contribution >= 4 is 40.7 Å². The number of nitrogens with one attached hydrogen (secondary N) is 1. The van der Waals surface area contributed by atoms with Gasteiger partial charge in [0.05, 0.1) is 84.1 Å². The number of nitrogens with zero attached hydrogens (tertiary/aromatic N) is 11. The predicted octanol–water partition coefficient (Wildman–Crippen LogP) is 6.07. The number of H-pyrrole nitrogens is 1. The summed E-state index contributed by atoms with van der Waals surface area (Å²) in [5, 5.41) is 12.6. The molecule has 1 N–H and O–H groups in total. The van der Waals surface area contributed by atoms with Gasteiger partial charge in [0.25, 0.3) is 17.3 Å². The van der Waals surface area contributed by atoms with Crippen molar-refractivity contribution in [1.29, 1.82) is 0 Å². The van der Waals surface area contributed by atoms with E-state index in [2.05, 4.69) is 77.6 Å². The zero-order chi connectivity index (χ0) is 44.9. The number of methoxy groups -OCH3 is 2. The van der Waals surface area contributed by atoms with Crippen molar-refractivity contribution in [2.75, 3.05) is 14.2 Å². The van der Waals surface area contributed by atoms with Gasteiger partial charge in [-0.2, -0.15) is 38.4 Å². The lowest BCUT2D eigenvalue weighted by Crippen LogP contribution is -2.41. The Labute approximate surface area is 361 Å². The molecule has 0 amide bonds. The summed E-state index contributed by atoms with van der Waals surface area (Å²) in [5.41, 5.74) is 3.61. The molecule has 10 heterocycles. The summed E-state index contributed by atoms with van der Waals surface area (Å²) in [6.07, 6.45) is 13.5. The minimum absolute atomic E-state index is 0.0294. The van der Waals surface area contributed by atoms with E-state index in [4.69, 9.17) is 25.6 Å². The summed E-state index contributed by atoms with van der Waals surface area (Å²) in [6.45, 7) is 8.22. The average molecular weight is 881 g/mol. The van der Waals surface area contributed by atoms with E-state index in [0.717, 1.165) is 46.2 Å². The second kappa shape index (κ2) is 18.4. The van der Waals surface area contributed by atoms with Crippen molar-refractivity contribution in [3.63, 3.8) is 0 Å². The molecular weight excluding hydrogens is 844 g/mol. The lowest BCUT2D eigenvalue weighted by Gasteiger charge is -2.32. The van der Waals surface area contributed by atoms with E-state index in [1.54, 1.807) is 27.6 Å². The number of pyridine rings is 3. The van der Waals surface area contributed by atoms with Crippen LogP contribution in [0.15, 0.2) is 115 Å². The van der Waals surface area contributed by atoms with Crippen molar-refractivity contribution < 1.29 is 32.0 Å². The maximum Gasteiger partial charge on any atom is 0.498 e. The molecule has 0 aliphatic carbocycles. The normalized spacial score (nSPS) is 13.7. The molecule has 0 spiro atoms. The molecule has 9 aromatic rings. The fraction of sp³-hybridized carbons (Fsp3) is 0.195. The fourth-order valence-electron chi connectivity index (χ4n) is 5.94. The minimum atomic E-state index is -0.898. The SMILES string of the molecule is CC1(C)OB(c2cnn3ccccc23)OC1(C)C.COc1nc(-c2cnn3ccccc23)ncc1F.COc1nc(Cl)ncc1F.O=c1[nH]c(-c2cnn3ccccc23)ncc1F. The van der Waals surface area contributed by atoms with Crippen LogP contribution in [0.4, 0.5) is 13.2 Å². The van der Waals surface area contributed by atoms with Crippen LogP contribution in [0.5, 0.6) is 11.8 Å². The number of rotatable bonds is 5. The molecular formula is C41H37BClF3N12O5. The van der Waals surface area contributed by atoms with Gasteiger partial charge in [0.1, 0.15) is 5.82 Å². The van der Waals surface area contributed by atoms with E-state index in [0.29, 0.717) is 17.2 Å². The number of aromatic amines is 1. The van der Waals surface area contributed by atoms with Crippen LogP contribution < -0.4 is 20.5 Å². The van der Waals surface area contributed by atoms with Gasteiger partial charge in [-0.25, -0.2) is 28.5 Å². The van der Waals surface area contributed by atoms with Gasteiger partial charge in [-0.15, -0.1) is 0 Å². The lowest BCUT2D eigenvalue weighted by molar-refractivity contribution is 0.00578. The molecule has 1 aliphatic rings. The van der Waals surface area contributed by atoms with Crippen LogP contribution in [-0.2, 0) is 9.31 Å². The van der Waals surface area contributed by atoms with Crippen LogP contribution in [0.1, 0.15) is 27.7 Å². The van der Waals surface area contributed by atoms with Gasteiger partial charge in [0, 0.05) is 30.3 Å². The Hall–Kier alpha value is -7.23. The Balaban J connectivity index is 0.000000129. The fourth-order valence-corrected chi connectivity index (χ4v) is 6.07. The molecule has 0 atom stereocenters. The summed E-state index contributed by atoms with van der Waals surface area (Å²) >= 11 is 5.33. The van der Waals surface area contributed by atoms with Crippen LogP contribution in [-0.4, -0.2) is 91.3 Å². The number of fused-ring (bicyclic) bond motifs is 3. The molecule has 0 saturated carbocycles. The number of ether oxygens (including phenoxy) is 2. The van der Waals surface area contributed by atoms with Gasteiger partial charge >= 0.3 is 7.12 Å². The van der Waals surface area contributed by atoms with E-state index in [9.17, 15) is 18.0 Å². The lowest BCUT2D eigenvalue weighted by atomic mass is 9.80. The summed E-state index contributed by atoms with van der Waals surface area (Å²) < 4.78 is 65.2. The van der Waals surface area contributed by atoms with Gasteiger partial charge in [-0.1, -0.05) is 18.2 Å². The molecule has 0 bridgehead atoms. The van der Waals surface area contributed by atoms with E-state index in [-0.39, 0.29) is 35.4 Å². The van der Waals surface area contributed by atoms with Crippen molar-refractivity contribution in [3.8, 4) is 34.5 Å². The molecule has 1 saturated heterocycles. The van der Waals surface area contributed by atoms with Crippen LogP contribution in [0.3, 0.4) is 0 Å². The number of hydrogen-bond acceptors (Lipinski definition) is 13. The minimum Gasteiger partial charge on any atom is -0.479 e. The third-order valence-corrected chi connectivity index (χ3v) is 10.0. The van der Waals surface area contributed by atoms with Gasteiger partial charge in [0.2, 0.25) is 22.7 Å². The Morgan fingerprint density at radius 1 is 0.635 bits per heavy atom. The van der Waals surface area contributed by atoms with Crippen LogP contribution in [0.2, 0.25) is 5.28 Å². The van der Waals surface area contributed by atoms with Crippen molar-refractivity contribution in [2.24, 2.45) is 0 Å². The van der Waals surface area contributed by atoms with Crippen molar-refractivity contribution in [1.82, 2.24) is 58.7 Å². The number of halogens is 4. The first-order valence-corrected chi connectivity index (χ1v) is 19.2. The second-order valence-electron chi connectivity index (χ2n) is 14.4. The van der Waals surface area contributed by atoms with Gasteiger partial charge < -0.3 is 23.8 Å². The molecule has 0 radical (unpaired) electrons. The molecule has 17 nitrogen and oxygen atoms in total. The first-order chi connectivity index (χ1) is 30.2. The molecule has 322 valence electrons. The van der Waals surface area contributed by atoms with Crippen LogP contribution in [0.25, 0.3) is 39.3 Å². The van der Waals surface area contributed by atoms with E-state index >= 15 is 0 Å². The maximum absolute atomic E-state index is 13.3. The molecule has 22 heteroatoms. The molecule has 1 aliphatic heterocycles. The highest BCUT2D eigenvalue weighted by atomic mass is 35.5. The molecule has 0 aromatic carbocycles. The first kappa shape index (κ1) is 43.9. The summed E-state index contributed by atoms with van der Waals surface area (Å²) in [5.74, 6) is -1.63. The van der Waals surface area contributed by atoms with Crippen molar-refractivity contribution in [2.45, 2.75) is 38.9 Å². The smallest absolute Gasteiger partial charge is 0.479 e. The highest BCUT2D eigenvalue weighted by Crippen LogP contribution is 2.36. The summed E-state index contributed by atoms with van der Waals surface area (Å²) in [6, 6.07) is 17.1. The van der Waals surface area contributed by atoms with E-state index < -0.39 is 23.0 Å². The highest BCUT2D eigenvalue weighted by Gasteiger charge is 2.52. The Kier molecular flexibility index (Phi) is 12.8. The summed E-state index contributed by atoms with van der Waals surface area (Å²) in [4.78, 5) is 32.2. The molecule has 1 fully saturated rings. The molecule has 9 aromatic heterocycles. The van der Waals surface area contributed by atoms with Gasteiger partial charge in [-0.3, -0.25) is 4.79 Å². The van der Waals surface area contributed by atoms with Crippen molar-refractivity contribution in [3.05, 3.63) is 143 Å². The maximum atomic E-state index is 13.3. The van der Waals surface area contributed by atoms with Crippen LogP contribution >= 0.6 is 11.6 Å². The topological polar surface area (TPSA) is 186 Å². The third-order valence-electron chi connectivity index (χ3n) is 9.85. The molecule has 0 unspecified atom stereocenters. The Morgan fingerprint density at radius 3 is 1.70 bits per heavy atom. The standard InChI is InChI=1S/C13H17BN2O2.C12H9FN4O.C11H7FN4O.C5H4ClFN2O/c1-12(2)13(3,4)18-14(17-12)10-9-15-16-8-6-5-7-11(10)16;1-18-12-9(13)7-14-11(16-12)8-6-15-17-5-3-2-4-10(8)17;12-8-6-13-10(15-11(8)17)7-5-14-16-4-2-1-3-9(7)16;1-10-4-3(7)2-8-5(6)9-4/h5-9H,1-4H3;2-7H,1H3;1-6H,(H,13,15,17);2H,1H3. The monoisotopic (exact) mass is 880 g/mol. The largest absolute Gasteiger partial charge is 0.498 e. The second-order valence-corrected chi connectivity index (χ2v) is 14.7. The van der Waals surface area contributed by atoms with Gasteiger partial charge in [-0.05, 0) is 75.7 Å². The number of aromatic nitrogens is 12. The average Bonchev–Trinajstić information content (AvgIpc) is 4.07. The first-order valence-electron chi connectivity index (χ1n) is 18.9. The third kappa shape index (κ3) is 9.49.